The van der Waals surface area contributed by atoms with E-state index < -0.39 is 10.0 Å². The van der Waals surface area contributed by atoms with Crippen LogP contribution in [0.3, 0.4) is 0 Å². The summed E-state index contributed by atoms with van der Waals surface area (Å²) in [5.74, 6) is -0.339. The maximum Gasteiger partial charge on any atom is 0.238 e. The molecular weight excluding hydrogens is 292 g/mol. The van der Waals surface area contributed by atoms with Crippen LogP contribution in [0.2, 0.25) is 0 Å². The molecular formula is C14H16N2O4S. The van der Waals surface area contributed by atoms with Crippen LogP contribution in [0.1, 0.15) is 11.1 Å². The summed E-state index contributed by atoms with van der Waals surface area (Å²) in [5, 5.41) is 27.2. The van der Waals surface area contributed by atoms with E-state index in [0.29, 0.717) is 18.7 Å². The van der Waals surface area contributed by atoms with Crippen LogP contribution >= 0.6 is 0 Å². The van der Waals surface area contributed by atoms with Gasteiger partial charge in [-0.15, -0.1) is 0 Å². The number of hydrogen-bond acceptors (Lipinski definition) is 5. The third-order valence-electron chi connectivity index (χ3n) is 2.97. The van der Waals surface area contributed by atoms with E-state index in [-0.39, 0.29) is 16.4 Å². The van der Waals surface area contributed by atoms with Crippen LogP contribution < -0.4 is 10.5 Å². The number of hydrogen-bond donors (Lipinski definition) is 4. The molecule has 0 saturated heterocycles. The van der Waals surface area contributed by atoms with Gasteiger partial charge in [0.05, 0.1) is 4.90 Å². The molecule has 0 bridgehead atoms. The summed E-state index contributed by atoms with van der Waals surface area (Å²) in [6, 6.07) is 11.0. The van der Waals surface area contributed by atoms with Gasteiger partial charge in [-0.2, -0.15) is 0 Å². The molecule has 6 nitrogen and oxygen atoms in total. The second-order valence-corrected chi connectivity index (χ2v) is 6.14. The average Bonchev–Trinajstić information content (AvgIpc) is 2.43. The Labute approximate surface area is 122 Å². The number of nitrogens with one attached hydrogen (secondary N) is 1. The number of phenols is 2. The van der Waals surface area contributed by atoms with E-state index in [1.165, 1.54) is 18.2 Å². The van der Waals surface area contributed by atoms with Gasteiger partial charge in [-0.05, 0) is 23.8 Å². The van der Waals surface area contributed by atoms with E-state index >= 15 is 0 Å². The van der Waals surface area contributed by atoms with Crippen LogP contribution in [0.4, 0.5) is 0 Å². The zero-order valence-electron chi connectivity index (χ0n) is 11.2. The smallest absolute Gasteiger partial charge is 0.238 e. The summed E-state index contributed by atoms with van der Waals surface area (Å²) < 4.78 is 22.5. The van der Waals surface area contributed by atoms with Crippen LogP contribution in [-0.4, -0.2) is 18.6 Å². The van der Waals surface area contributed by atoms with Crippen molar-refractivity contribution in [3.63, 3.8) is 0 Å². The molecule has 21 heavy (non-hydrogen) atoms. The summed E-state index contributed by atoms with van der Waals surface area (Å²) >= 11 is 0. The van der Waals surface area contributed by atoms with Crippen LogP contribution in [0.15, 0.2) is 47.4 Å². The van der Waals surface area contributed by atoms with E-state index in [2.05, 4.69) is 5.32 Å². The summed E-state index contributed by atoms with van der Waals surface area (Å²) in [7, 11) is -3.72. The number of rotatable bonds is 5. The molecule has 0 saturated carbocycles. The fourth-order valence-corrected chi connectivity index (χ4v) is 2.48. The van der Waals surface area contributed by atoms with E-state index in [4.69, 9.17) is 5.14 Å². The van der Waals surface area contributed by atoms with Gasteiger partial charge in [0.1, 0.15) is 0 Å². The Balaban J connectivity index is 2.03. The first-order valence-electron chi connectivity index (χ1n) is 6.20. The third kappa shape index (κ3) is 3.94. The van der Waals surface area contributed by atoms with Gasteiger partial charge in [0, 0.05) is 18.7 Å². The van der Waals surface area contributed by atoms with Crippen molar-refractivity contribution in [2.45, 2.75) is 18.0 Å². The highest BCUT2D eigenvalue weighted by Crippen LogP contribution is 2.27. The molecule has 0 aliphatic heterocycles. The van der Waals surface area contributed by atoms with Gasteiger partial charge < -0.3 is 15.5 Å². The van der Waals surface area contributed by atoms with E-state index in [9.17, 15) is 18.6 Å². The molecule has 2 aromatic carbocycles. The van der Waals surface area contributed by atoms with Gasteiger partial charge in [0.25, 0.3) is 0 Å². The second kappa shape index (κ2) is 6.13. The Morgan fingerprint density at radius 2 is 1.76 bits per heavy atom. The first-order valence-corrected chi connectivity index (χ1v) is 7.75. The quantitative estimate of drug-likeness (QED) is 0.616. The van der Waals surface area contributed by atoms with Crippen molar-refractivity contribution >= 4 is 10.0 Å². The normalized spacial score (nSPS) is 11.5. The second-order valence-electron chi connectivity index (χ2n) is 4.58. The standard InChI is InChI=1S/C14H16N2O4S/c15-21(19,20)12-5-1-3-10(7-12)8-16-9-11-4-2-6-13(17)14(11)18/h1-7,16-18H,8-9H2,(H2,15,19,20). The molecule has 0 radical (unpaired) electrons. The first-order chi connectivity index (χ1) is 9.88. The molecule has 0 aliphatic carbocycles. The largest absolute Gasteiger partial charge is 0.504 e. The number of primary sulfonamides is 1. The molecule has 2 aromatic rings. The highest BCUT2D eigenvalue weighted by atomic mass is 32.2. The van der Waals surface area contributed by atoms with E-state index in [1.54, 1.807) is 24.3 Å². The minimum absolute atomic E-state index is 0.0574. The summed E-state index contributed by atoms with van der Waals surface area (Å²) in [5.41, 5.74) is 1.30. The summed E-state index contributed by atoms with van der Waals surface area (Å²) in [4.78, 5) is 0.0574. The van der Waals surface area contributed by atoms with Crippen molar-refractivity contribution in [3.8, 4) is 11.5 Å². The molecule has 2 rings (SSSR count). The van der Waals surface area contributed by atoms with Crippen LogP contribution in [-0.2, 0) is 23.1 Å². The Morgan fingerprint density at radius 3 is 2.48 bits per heavy atom. The fraction of sp³-hybridized carbons (Fsp3) is 0.143. The molecule has 5 N–H and O–H groups in total. The molecule has 0 aromatic heterocycles. The van der Waals surface area contributed by atoms with Crippen molar-refractivity contribution < 1.29 is 18.6 Å². The number of sulfonamides is 1. The van der Waals surface area contributed by atoms with Crippen LogP contribution in [0, 0.1) is 0 Å². The Morgan fingerprint density at radius 1 is 1.05 bits per heavy atom. The number of benzene rings is 2. The molecule has 0 unspecified atom stereocenters. The first kappa shape index (κ1) is 15.3. The molecule has 7 heteroatoms. The minimum atomic E-state index is -3.72. The highest BCUT2D eigenvalue weighted by Gasteiger charge is 2.08. The lowest BCUT2D eigenvalue weighted by molar-refractivity contribution is 0.397. The van der Waals surface area contributed by atoms with E-state index in [1.807, 2.05) is 0 Å². The van der Waals surface area contributed by atoms with Gasteiger partial charge in [-0.25, -0.2) is 13.6 Å². The van der Waals surface area contributed by atoms with Gasteiger partial charge in [0.2, 0.25) is 10.0 Å². The van der Waals surface area contributed by atoms with E-state index in [0.717, 1.165) is 5.56 Å². The van der Waals surface area contributed by atoms with Gasteiger partial charge in [0.15, 0.2) is 11.5 Å². The fourth-order valence-electron chi connectivity index (χ4n) is 1.89. The van der Waals surface area contributed by atoms with Crippen molar-refractivity contribution in [1.29, 1.82) is 0 Å². The average molecular weight is 308 g/mol. The topological polar surface area (TPSA) is 113 Å². The van der Waals surface area contributed by atoms with Gasteiger partial charge in [-0.3, -0.25) is 0 Å². The van der Waals surface area contributed by atoms with Crippen molar-refractivity contribution in [2.75, 3.05) is 0 Å². The lowest BCUT2D eigenvalue weighted by Crippen LogP contribution is -2.15. The SMILES string of the molecule is NS(=O)(=O)c1cccc(CNCc2cccc(O)c2O)c1. The Kier molecular flexibility index (Phi) is 4.46. The lowest BCUT2D eigenvalue weighted by atomic mass is 10.1. The number of phenolic OH excluding ortho intramolecular Hbond substituents is 2. The molecule has 0 spiro atoms. The van der Waals surface area contributed by atoms with Crippen LogP contribution in [0.25, 0.3) is 0 Å². The molecule has 0 heterocycles. The number of para-hydroxylation sites is 1. The zero-order chi connectivity index (χ0) is 15.5. The third-order valence-corrected chi connectivity index (χ3v) is 3.88. The molecule has 0 amide bonds. The van der Waals surface area contributed by atoms with Crippen molar-refractivity contribution in [2.24, 2.45) is 5.14 Å². The Hall–Kier alpha value is -2.09. The van der Waals surface area contributed by atoms with Gasteiger partial charge >= 0.3 is 0 Å². The highest BCUT2D eigenvalue weighted by molar-refractivity contribution is 7.89. The van der Waals surface area contributed by atoms with Gasteiger partial charge in [-0.1, -0.05) is 24.3 Å². The molecule has 0 aliphatic rings. The Bertz CT molecular complexity index is 744. The lowest BCUT2D eigenvalue weighted by Gasteiger charge is -2.08. The predicted molar refractivity (Wildman–Crippen MR) is 78.1 cm³/mol. The monoisotopic (exact) mass is 308 g/mol. The summed E-state index contributed by atoms with van der Waals surface area (Å²) in [6.07, 6.45) is 0. The zero-order valence-corrected chi connectivity index (χ0v) is 12.0. The maximum atomic E-state index is 11.3. The summed E-state index contributed by atoms with van der Waals surface area (Å²) in [6.45, 7) is 0.734. The maximum absolute atomic E-state index is 11.3. The molecule has 0 fully saturated rings. The van der Waals surface area contributed by atoms with Crippen LogP contribution in [0.5, 0.6) is 11.5 Å². The predicted octanol–water partition coefficient (Wildman–Crippen LogP) is 1.03. The molecule has 112 valence electrons. The van der Waals surface area contributed by atoms with Crippen molar-refractivity contribution in [1.82, 2.24) is 5.32 Å². The minimum Gasteiger partial charge on any atom is -0.504 e. The van der Waals surface area contributed by atoms with Crippen molar-refractivity contribution in [3.05, 3.63) is 53.6 Å². The number of nitrogens with two attached hydrogens (primary N) is 1. The molecule has 0 atom stereocenters. The number of aromatic hydroxyl groups is 2.